The van der Waals surface area contributed by atoms with E-state index in [1.54, 1.807) is 18.3 Å². The summed E-state index contributed by atoms with van der Waals surface area (Å²) in [7, 11) is 2.12. The van der Waals surface area contributed by atoms with Crippen LogP contribution in [0.25, 0.3) is 0 Å². The van der Waals surface area contributed by atoms with Crippen LogP contribution in [0, 0.1) is 0 Å². The summed E-state index contributed by atoms with van der Waals surface area (Å²) in [6, 6.07) is 12.9. The van der Waals surface area contributed by atoms with Gasteiger partial charge in [-0.2, -0.15) is 9.97 Å². The number of rotatable bonds is 6. The maximum Gasteiger partial charge on any atom is 0.258 e. The molecule has 1 amide bonds. The van der Waals surface area contributed by atoms with E-state index in [4.69, 9.17) is 0 Å². The van der Waals surface area contributed by atoms with E-state index in [9.17, 15) is 4.79 Å². The molecule has 0 radical (unpaired) electrons. The molecule has 8 nitrogen and oxygen atoms in total. The first-order valence-corrected chi connectivity index (χ1v) is 11.1. The molecular weight excluding hydrogens is 410 g/mol. The molecule has 0 aliphatic carbocycles. The molecule has 9 heteroatoms. The molecule has 1 fully saturated rings. The molecule has 0 unspecified atom stereocenters. The number of carbonyl (C=O) groups excluding carboxylic acids is 1. The molecule has 1 aliphatic rings. The molecule has 4 rings (SSSR count). The highest BCUT2D eigenvalue weighted by Gasteiger charge is 2.20. The third kappa shape index (κ3) is 5.36. The molecule has 1 N–H and O–H groups in total. The Morgan fingerprint density at radius 1 is 1.03 bits per heavy atom. The van der Waals surface area contributed by atoms with Crippen LogP contribution < -0.4 is 10.2 Å². The predicted molar refractivity (Wildman–Crippen MR) is 122 cm³/mol. The van der Waals surface area contributed by atoms with Crippen LogP contribution >= 0.6 is 11.8 Å². The Bertz CT molecular complexity index is 1040. The maximum absolute atomic E-state index is 12.9. The summed E-state index contributed by atoms with van der Waals surface area (Å²) in [5, 5.41) is 4.03. The van der Waals surface area contributed by atoms with E-state index >= 15 is 0 Å². The zero-order valence-electron chi connectivity index (χ0n) is 17.7. The molecule has 31 heavy (non-hydrogen) atoms. The summed E-state index contributed by atoms with van der Waals surface area (Å²) in [5.41, 5.74) is 1.22. The summed E-state index contributed by atoms with van der Waals surface area (Å²) in [4.78, 5) is 35.7. The van der Waals surface area contributed by atoms with Gasteiger partial charge in [0.1, 0.15) is 10.9 Å². The van der Waals surface area contributed by atoms with Crippen LogP contribution in [0.5, 0.6) is 0 Å². The van der Waals surface area contributed by atoms with Gasteiger partial charge in [-0.25, -0.2) is 9.97 Å². The Labute approximate surface area is 186 Å². The monoisotopic (exact) mass is 435 g/mol. The standard InChI is InChI=1S/C22H25N7OS/c1-3-18-25-21(29-14-12-28(2)13-15-29)27-22(26-18)31-20-17(10-7-11-23-20)19(30)24-16-8-5-4-6-9-16/h4-11H,3,12-15H2,1-2H3,(H,24,30). The Morgan fingerprint density at radius 3 is 2.55 bits per heavy atom. The zero-order chi connectivity index (χ0) is 21.6. The van der Waals surface area contributed by atoms with Crippen molar-refractivity contribution in [3.63, 3.8) is 0 Å². The molecule has 0 bridgehead atoms. The lowest BCUT2D eigenvalue weighted by Gasteiger charge is -2.32. The maximum atomic E-state index is 12.9. The lowest BCUT2D eigenvalue weighted by molar-refractivity contribution is 0.102. The fourth-order valence-electron chi connectivity index (χ4n) is 3.19. The fraction of sp³-hybridized carbons (Fsp3) is 0.318. The third-order valence-corrected chi connectivity index (χ3v) is 5.87. The Hall–Kier alpha value is -3.04. The average molecular weight is 436 g/mol. The van der Waals surface area contributed by atoms with Gasteiger partial charge in [-0.15, -0.1) is 0 Å². The van der Waals surface area contributed by atoms with Gasteiger partial charge in [0.25, 0.3) is 5.91 Å². The van der Waals surface area contributed by atoms with Crippen LogP contribution in [0.4, 0.5) is 11.6 Å². The summed E-state index contributed by atoms with van der Waals surface area (Å²) in [5.74, 6) is 1.21. The number of anilines is 2. The Kier molecular flexibility index (Phi) is 6.73. The number of pyridine rings is 1. The van der Waals surface area contributed by atoms with Crippen LogP contribution in [0.3, 0.4) is 0 Å². The summed E-state index contributed by atoms with van der Waals surface area (Å²) in [6.45, 7) is 5.72. The lowest BCUT2D eigenvalue weighted by Crippen LogP contribution is -2.45. The predicted octanol–water partition coefficient (Wildman–Crippen LogP) is 2.98. The number of nitrogens with zero attached hydrogens (tertiary/aromatic N) is 6. The minimum Gasteiger partial charge on any atom is -0.338 e. The average Bonchev–Trinajstić information content (AvgIpc) is 2.80. The largest absolute Gasteiger partial charge is 0.338 e. The second-order valence-electron chi connectivity index (χ2n) is 7.26. The molecule has 2 aromatic heterocycles. The number of carbonyl (C=O) groups is 1. The van der Waals surface area contributed by atoms with Crippen LogP contribution in [-0.2, 0) is 6.42 Å². The molecule has 0 saturated carbocycles. The lowest BCUT2D eigenvalue weighted by atomic mass is 10.2. The molecule has 0 spiro atoms. The summed E-state index contributed by atoms with van der Waals surface area (Å²) < 4.78 is 0. The number of hydrogen-bond acceptors (Lipinski definition) is 8. The summed E-state index contributed by atoms with van der Waals surface area (Å²) >= 11 is 1.29. The Morgan fingerprint density at radius 2 is 1.81 bits per heavy atom. The van der Waals surface area contributed by atoms with Gasteiger partial charge in [-0.1, -0.05) is 25.1 Å². The first-order valence-electron chi connectivity index (χ1n) is 10.3. The minimum atomic E-state index is -0.217. The first-order chi connectivity index (χ1) is 15.1. The van der Waals surface area contributed by atoms with Crippen LogP contribution in [-0.4, -0.2) is 64.0 Å². The number of amides is 1. The molecule has 3 aromatic rings. The number of benzene rings is 1. The molecule has 160 valence electrons. The number of nitrogens with one attached hydrogen (secondary N) is 1. The van der Waals surface area contributed by atoms with Crippen molar-refractivity contribution in [2.45, 2.75) is 23.5 Å². The van der Waals surface area contributed by atoms with Gasteiger partial charge in [-0.05, 0) is 43.1 Å². The van der Waals surface area contributed by atoms with Crippen molar-refractivity contribution in [1.29, 1.82) is 0 Å². The van der Waals surface area contributed by atoms with E-state index in [1.165, 1.54) is 11.8 Å². The number of aromatic nitrogens is 4. The van der Waals surface area contributed by atoms with Gasteiger partial charge in [0, 0.05) is 44.5 Å². The second kappa shape index (κ2) is 9.84. The highest BCUT2D eigenvalue weighted by molar-refractivity contribution is 7.99. The van der Waals surface area contributed by atoms with Crippen molar-refractivity contribution in [2.75, 3.05) is 43.4 Å². The fourth-order valence-corrected chi connectivity index (χ4v) is 4.02. The van der Waals surface area contributed by atoms with Gasteiger partial charge >= 0.3 is 0 Å². The SMILES string of the molecule is CCc1nc(Sc2ncccc2C(=O)Nc2ccccc2)nc(N2CCN(C)CC2)n1. The van der Waals surface area contributed by atoms with Gasteiger partial charge in [-0.3, -0.25) is 4.79 Å². The molecule has 1 aromatic carbocycles. The van der Waals surface area contributed by atoms with E-state index in [-0.39, 0.29) is 5.91 Å². The number of likely N-dealkylation sites (N-methyl/N-ethyl adjacent to an activating group) is 1. The van der Waals surface area contributed by atoms with Crippen LogP contribution in [0.1, 0.15) is 23.1 Å². The molecule has 1 aliphatic heterocycles. The summed E-state index contributed by atoms with van der Waals surface area (Å²) in [6.07, 6.45) is 2.38. The van der Waals surface area contributed by atoms with E-state index in [0.29, 0.717) is 28.1 Å². The van der Waals surface area contributed by atoms with Crippen molar-refractivity contribution >= 4 is 29.3 Å². The van der Waals surface area contributed by atoms with Crippen molar-refractivity contribution in [3.8, 4) is 0 Å². The van der Waals surface area contributed by atoms with Crippen molar-refractivity contribution in [1.82, 2.24) is 24.8 Å². The third-order valence-electron chi connectivity index (χ3n) is 4.99. The van der Waals surface area contributed by atoms with E-state index in [1.807, 2.05) is 37.3 Å². The topological polar surface area (TPSA) is 87.1 Å². The van der Waals surface area contributed by atoms with Gasteiger partial charge in [0.15, 0.2) is 5.16 Å². The molecule has 1 saturated heterocycles. The second-order valence-corrected chi connectivity index (χ2v) is 8.21. The number of piperazine rings is 1. The van der Waals surface area contributed by atoms with E-state index in [2.05, 4.69) is 42.1 Å². The molecular formula is C22H25N7OS. The zero-order valence-corrected chi connectivity index (χ0v) is 18.5. The van der Waals surface area contributed by atoms with Gasteiger partial charge in [0.2, 0.25) is 5.95 Å². The van der Waals surface area contributed by atoms with E-state index < -0.39 is 0 Å². The van der Waals surface area contributed by atoms with Crippen LogP contribution in [0.2, 0.25) is 0 Å². The van der Waals surface area contributed by atoms with Crippen molar-refractivity contribution in [3.05, 3.63) is 60.0 Å². The normalized spacial score (nSPS) is 14.5. The molecule has 0 atom stereocenters. The van der Waals surface area contributed by atoms with E-state index in [0.717, 1.165) is 37.7 Å². The smallest absolute Gasteiger partial charge is 0.258 e. The number of aryl methyl sites for hydroxylation is 1. The highest BCUT2D eigenvalue weighted by Crippen LogP contribution is 2.28. The van der Waals surface area contributed by atoms with Crippen molar-refractivity contribution < 1.29 is 4.79 Å². The quantitative estimate of drug-likeness (QED) is 0.632. The first kappa shape index (κ1) is 21.2. The van der Waals surface area contributed by atoms with Crippen LogP contribution in [0.15, 0.2) is 58.8 Å². The van der Waals surface area contributed by atoms with Gasteiger partial charge in [0.05, 0.1) is 5.56 Å². The Balaban J connectivity index is 1.58. The van der Waals surface area contributed by atoms with Gasteiger partial charge < -0.3 is 15.1 Å². The molecule has 3 heterocycles. The highest BCUT2D eigenvalue weighted by atomic mass is 32.2. The number of para-hydroxylation sites is 1. The number of hydrogen-bond donors (Lipinski definition) is 1. The van der Waals surface area contributed by atoms with Crippen molar-refractivity contribution in [2.24, 2.45) is 0 Å². The minimum absolute atomic E-state index is 0.217.